The van der Waals surface area contributed by atoms with E-state index < -0.39 is 5.91 Å². The van der Waals surface area contributed by atoms with Gasteiger partial charge in [-0.3, -0.25) is 9.78 Å². The predicted octanol–water partition coefficient (Wildman–Crippen LogP) is 1.87. The molecule has 128 valence electrons. The molecule has 0 spiro atoms. The molecule has 1 aliphatic heterocycles. The van der Waals surface area contributed by atoms with E-state index >= 15 is 0 Å². The smallest absolute Gasteiger partial charge is 0.252 e. The summed E-state index contributed by atoms with van der Waals surface area (Å²) in [5.41, 5.74) is 6.36. The highest BCUT2D eigenvalue weighted by Crippen LogP contribution is 2.31. The monoisotopic (exact) mass is 332 g/mol. The molecule has 0 aliphatic carbocycles. The van der Waals surface area contributed by atoms with Crippen LogP contribution in [-0.4, -0.2) is 43.1 Å². The average Bonchev–Trinajstić information content (AvgIpc) is 3.05. The van der Waals surface area contributed by atoms with Crippen LogP contribution in [0.3, 0.4) is 0 Å². The summed E-state index contributed by atoms with van der Waals surface area (Å²) in [5, 5.41) is 0.747. The van der Waals surface area contributed by atoms with Gasteiger partial charge in [-0.05, 0) is 32.0 Å². The number of aromatic nitrogens is 1. The third-order valence-electron chi connectivity index (χ3n) is 3.55. The van der Waals surface area contributed by atoms with Crippen molar-refractivity contribution < 1.29 is 23.7 Å². The van der Waals surface area contributed by atoms with E-state index in [0.717, 1.165) is 5.39 Å². The van der Waals surface area contributed by atoms with Crippen molar-refractivity contribution in [2.45, 2.75) is 26.1 Å². The fourth-order valence-electron chi connectivity index (χ4n) is 2.47. The lowest BCUT2D eigenvalue weighted by Gasteiger charge is -2.16. The minimum atomic E-state index is -0.558. The molecule has 1 saturated heterocycles. The zero-order valence-corrected chi connectivity index (χ0v) is 13.7. The van der Waals surface area contributed by atoms with E-state index in [4.69, 9.17) is 24.7 Å². The second-order valence-corrected chi connectivity index (χ2v) is 5.79. The van der Waals surface area contributed by atoms with Crippen LogP contribution in [0.2, 0.25) is 0 Å². The Morgan fingerprint density at radius 3 is 2.92 bits per heavy atom. The van der Waals surface area contributed by atoms with Gasteiger partial charge in [-0.2, -0.15) is 0 Å². The van der Waals surface area contributed by atoms with Crippen molar-refractivity contribution >= 4 is 16.8 Å². The number of carbonyl (C=O) groups is 1. The maximum Gasteiger partial charge on any atom is 0.252 e. The minimum absolute atomic E-state index is 0.0920. The molecule has 2 N–H and O–H groups in total. The van der Waals surface area contributed by atoms with Crippen LogP contribution in [0.15, 0.2) is 24.4 Å². The fourth-order valence-corrected chi connectivity index (χ4v) is 2.47. The van der Waals surface area contributed by atoms with E-state index in [1.54, 1.807) is 24.4 Å². The number of amides is 1. The van der Waals surface area contributed by atoms with Crippen LogP contribution in [0.1, 0.15) is 24.2 Å². The molecule has 1 aromatic heterocycles. The third-order valence-corrected chi connectivity index (χ3v) is 3.55. The van der Waals surface area contributed by atoms with Gasteiger partial charge in [0.1, 0.15) is 31.0 Å². The Hall–Kier alpha value is -2.38. The van der Waals surface area contributed by atoms with Gasteiger partial charge in [0.05, 0.1) is 23.8 Å². The van der Waals surface area contributed by atoms with E-state index in [1.807, 2.05) is 13.8 Å². The van der Waals surface area contributed by atoms with E-state index in [-0.39, 0.29) is 12.2 Å². The summed E-state index contributed by atoms with van der Waals surface area (Å²) in [6, 6.07) is 5.13. The van der Waals surface area contributed by atoms with E-state index in [1.165, 1.54) is 0 Å². The average molecular weight is 332 g/mol. The van der Waals surface area contributed by atoms with Crippen LogP contribution in [0.5, 0.6) is 11.5 Å². The zero-order valence-electron chi connectivity index (χ0n) is 13.7. The van der Waals surface area contributed by atoms with E-state index in [9.17, 15) is 4.79 Å². The van der Waals surface area contributed by atoms with Crippen LogP contribution in [-0.2, 0) is 9.47 Å². The van der Waals surface area contributed by atoms with Crippen LogP contribution >= 0.6 is 0 Å². The van der Waals surface area contributed by atoms with Crippen molar-refractivity contribution in [2.24, 2.45) is 5.73 Å². The summed E-state index contributed by atoms with van der Waals surface area (Å²) in [7, 11) is 0. The quantitative estimate of drug-likeness (QED) is 0.868. The normalized spacial score (nSPS) is 17.4. The molecule has 0 saturated carbocycles. The molecule has 7 nitrogen and oxygen atoms in total. The Bertz CT molecular complexity index is 741. The predicted molar refractivity (Wildman–Crippen MR) is 87.2 cm³/mol. The maximum atomic E-state index is 11.7. The summed E-state index contributed by atoms with van der Waals surface area (Å²) in [6.45, 7) is 4.94. The molecule has 0 bridgehead atoms. The van der Waals surface area contributed by atoms with Crippen molar-refractivity contribution in [3.63, 3.8) is 0 Å². The first-order valence-electron chi connectivity index (χ1n) is 7.76. The number of fused-ring (bicyclic) bond motifs is 1. The highest BCUT2D eigenvalue weighted by atomic mass is 16.7. The van der Waals surface area contributed by atoms with Gasteiger partial charge in [0.15, 0.2) is 0 Å². The van der Waals surface area contributed by atoms with Crippen LogP contribution in [0.4, 0.5) is 0 Å². The number of pyridine rings is 1. The molecule has 1 atom stereocenters. The number of nitrogens with two attached hydrogens (primary N) is 1. The van der Waals surface area contributed by atoms with Crippen molar-refractivity contribution in [3.8, 4) is 11.5 Å². The van der Waals surface area contributed by atoms with Gasteiger partial charge in [0, 0.05) is 11.6 Å². The summed E-state index contributed by atoms with van der Waals surface area (Å²) in [4.78, 5) is 16.0. The molecule has 0 radical (unpaired) electrons. The first-order chi connectivity index (χ1) is 11.5. The SMILES string of the molecule is CC(C)Oc1cc2c(OC[C@H]3COCO3)ccnc2cc1C(N)=O. The Morgan fingerprint density at radius 2 is 2.25 bits per heavy atom. The fraction of sp³-hybridized carbons (Fsp3) is 0.412. The lowest BCUT2D eigenvalue weighted by atomic mass is 10.1. The number of ether oxygens (including phenoxy) is 4. The van der Waals surface area contributed by atoms with Gasteiger partial charge in [-0.1, -0.05) is 0 Å². The second-order valence-electron chi connectivity index (χ2n) is 5.79. The number of hydrogen-bond donors (Lipinski definition) is 1. The summed E-state index contributed by atoms with van der Waals surface area (Å²) < 4.78 is 22.1. The van der Waals surface area contributed by atoms with Gasteiger partial charge in [-0.25, -0.2) is 0 Å². The topological polar surface area (TPSA) is 92.9 Å². The first-order valence-corrected chi connectivity index (χ1v) is 7.76. The van der Waals surface area contributed by atoms with Crippen LogP contribution in [0, 0.1) is 0 Å². The summed E-state index contributed by atoms with van der Waals surface area (Å²) in [5.74, 6) is 0.501. The lowest BCUT2D eigenvalue weighted by Crippen LogP contribution is -2.20. The molecular formula is C17H20N2O5. The number of carbonyl (C=O) groups excluding carboxylic acids is 1. The number of rotatable bonds is 6. The van der Waals surface area contributed by atoms with Crippen molar-refractivity contribution in [2.75, 3.05) is 20.0 Å². The second kappa shape index (κ2) is 7.02. The Balaban J connectivity index is 1.95. The Kier molecular flexibility index (Phi) is 4.82. The molecule has 1 aliphatic rings. The van der Waals surface area contributed by atoms with Gasteiger partial charge in [0.2, 0.25) is 0 Å². The summed E-state index contributed by atoms with van der Waals surface area (Å²) in [6.07, 6.45) is 1.44. The Morgan fingerprint density at radius 1 is 1.42 bits per heavy atom. The standard InChI is InChI=1S/C17H20N2O5/c1-10(2)24-16-6-12-14(5-13(16)17(18)20)19-4-3-15(12)22-8-11-7-21-9-23-11/h3-6,10-11H,7-9H2,1-2H3,(H2,18,20)/t11-/m1/s1. The van der Waals surface area contributed by atoms with E-state index in [0.29, 0.717) is 42.6 Å². The largest absolute Gasteiger partial charge is 0.490 e. The highest BCUT2D eigenvalue weighted by molar-refractivity contribution is 6.01. The molecule has 7 heteroatoms. The molecular weight excluding hydrogens is 312 g/mol. The highest BCUT2D eigenvalue weighted by Gasteiger charge is 2.19. The zero-order chi connectivity index (χ0) is 17.1. The van der Waals surface area contributed by atoms with Crippen molar-refractivity contribution in [1.82, 2.24) is 4.98 Å². The molecule has 3 rings (SSSR count). The summed E-state index contributed by atoms with van der Waals surface area (Å²) >= 11 is 0. The van der Waals surface area contributed by atoms with Crippen LogP contribution in [0.25, 0.3) is 10.9 Å². The number of nitrogens with zero attached hydrogens (tertiary/aromatic N) is 1. The van der Waals surface area contributed by atoms with Crippen molar-refractivity contribution in [1.29, 1.82) is 0 Å². The lowest BCUT2D eigenvalue weighted by molar-refractivity contribution is 0.0322. The number of hydrogen-bond acceptors (Lipinski definition) is 6. The molecule has 2 aromatic rings. The van der Waals surface area contributed by atoms with Gasteiger partial charge < -0.3 is 24.7 Å². The molecule has 1 aromatic carbocycles. The molecule has 2 heterocycles. The Labute approximate surface area is 139 Å². The minimum Gasteiger partial charge on any atom is -0.490 e. The van der Waals surface area contributed by atoms with Gasteiger partial charge >= 0.3 is 0 Å². The van der Waals surface area contributed by atoms with E-state index in [2.05, 4.69) is 4.98 Å². The molecule has 24 heavy (non-hydrogen) atoms. The van der Waals surface area contributed by atoms with Crippen molar-refractivity contribution in [3.05, 3.63) is 30.0 Å². The number of benzene rings is 1. The first kappa shape index (κ1) is 16.5. The molecule has 0 unspecified atom stereocenters. The third kappa shape index (κ3) is 3.58. The molecule has 1 fully saturated rings. The molecule has 1 amide bonds. The maximum absolute atomic E-state index is 11.7. The number of primary amides is 1. The van der Waals surface area contributed by atoms with Gasteiger partial charge in [-0.15, -0.1) is 0 Å². The van der Waals surface area contributed by atoms with Gasteiger partial charge in [0.25, 0.3) is 5.91 Å². The van der Waals surface area contributed by atoms with Crippen LogP contribution < -0.4 is 15.2 Å².